The average molecular weight is 259 g/mol. The third-order valence-corrected chi connectivity index (χ3v) is 3.12. The van der Waals surface area contributed by atoms with E-state index in [1.54, 1.807) is 0 Å². The van der Waals surface area contributed by atoms with Crippen LogP contribution in [-0.4, -0.2) is 11.1 Å². The minimum atomic E-state index is -0.964. The van der Waals surface area contributed by atoms with Crippen molar-refractivity contribution in [3.05, 3.63) is 59.0 Å². The highest BCUT2D eigenvalue weighted by Crippen LogP contribution is 2.16. The number of furan rings is 1. The zero-order valence-corrected chi connectivity index (χ0v) is 11.0. The second-order valence-electron chi connectivity index (χ2n) is 4.58. The van der Waals surface area contributed by atoms with Crippen LogP contribution in [0.5, 0.6) is 0 Å². The van der Waals surface area contributed by atoms with Gasteiger partial charge in [-0.15, -0.1) is 0 Å². The molecule has 1 aromatic carbocycles. The fraction of sp³-hybridized carbons (Fsp3) is 0.267. The molecule has 1 heterocycles. The molecule has 100 valence electrons. The zero-order valence-electron chi connectivity index (χ0n) is 11.0. The Bertz CT molecular complexity index is 557. The van der Waals surface area contributed by atoms with Crippen molar-refractivity contribution in [1.82, 2.24) is 5.32 Å². The third kappa shape index (κ3) is 3.23. The third-order valence-electron chi connectivity index (χ3n) is 3.12. The summed E-state index contributed by atoms with van der Waals surface area (Å²) in [5.41, 5.74) is 2.59. The van der Waals surface area contributed by atoms with Gasteiger partial charge in [0.15, 0.2) is 0 Å². The van der Waals surface area contributed by atoms with Crippen LogP contribution in [0.2, 0.25) is 0 Å². The predicted molar refractivity (Wildman–Crippen MR) is 72.1 cm³/mol. The Morgan fingerprint density at radius 2 is 2.00 bits per heavy atom. The molecule has 0 unspecified atom stereocenters. The summed E-state index contributed by atoms with van der Waals surface area (Å²) in [5, 5.41) is 12.2. The number of carboxylic acid groups (broad SMARTS) is 1. The molecular weight excluding hydrogens is 242 g/mol. The maximum absolute atomic E-state index is 10.9. The lowest BCUT2D eigenvalue weighted by molar-refractivity contribution is 0.0694. The highest BCUT2D eigenvalue weighted by atomic mass is 16.4. The van der Waals surface area contributed by atoms with Gasteiger partial charge in [0.25, 0.3) is 0 Å². The number of nitrogens with one attached hydrogen (secondary N) is 1. The molecule has 0 bridgehead atoms. The van der Waals surface area contributed by atoms with Crippen molar-refractivity contribution in [2.45, 2.75) is 26.4 Å². The van der Waals surface area contributed by atoms with Gasteiger partial charge >= 0.3 is 5.97 Å². The average Bonchev–Trinajstić information content (AvgIpc) is 2.85. The molecule has 1 atom stereocenters. The van der Waals surface area contributed by atoms with E-state index in [0.717, 1.165) is 5.56 Å². The lowest BCUT2D eigenvalue weighted by Crippen LogP contribution is -2.19. The molecule has 2 aromatic rings. The van der Waals surface area contributed by atoms with Crippen molar-refractivity contribution in [2.24, 2.45) is 0 Å². The number of rotatable bonds is 5. The first kappa shape index (κ1) is 13.4. The van der Waals surface area contributed by atoms with Crippen LogP contribution < -0.4 is 5.32 Å². The first-order chi connectivity index (χ1) is 9.08. The summed E-state index contributed by atoms with van der Waals surface area (Å²) in [6.07, 6.45) is 1.40. The van der Waals surface area contributed by atoms with Crippen LogP contribution in [-0.2, 0) is 6.54 Å². The van der Waals surface area contributed by atoms with Crippen LogP contribution in [0.1, 0.15) is 40.2 Å². The molecule has 0 aliphatic carbocycles. The summed E-state index contributed by atoms with van der Waals surface area (Å²) < 4.78 is 5.19. The van der Waals surface area contributed by atoms with Crippen molar-refractivity contribution in [3.8, 4) is 0 Å². The van der Waals surface area contributed by atoms with Crippen molar-refractivity contribution >= 4 is 5.97 Å². The fourth-order valence-corrected chi connectivity index (χ4v) is 1.89. The quantitative estimate of drug-likeness (QED) is 0.866. The van der Waals surface area contributed by atoms with Crippen LogP contribution in [0.15, 0.2) is 41.0 Å². The van der Waals surface area contributed by atoms with Gasteiger partial charge in [-0.25, -0.2) is 4.79 Å². The number of aryl methyl sites for hydroxylation is 1. The van der Waals surface area contributed by atoms with Crippen LogP contribution in [0, 0.1) is 6.92 Å². The maximum Gasteiger partial charge on any atom is 0.339 e. The Balaban J connectivity index is 2.00. The minimum absolute atomic E-state index is 0.132. The van der Waals surface area contributed by atoms with Gasteiger partial charge in [-0.3, -0.25) is 0 Å². The summed E-state index contributed by atoms with van der Waals surface area (Å²) in [7, 11) is 0. The lowest BCUT2D eigenvalue weighted by atomic mass is 10.1. The Hall–Kier alpha value is -2.07. The number of carboxylic acids is 1. The Labute approximate surface area is 112 Å². The molecule has 0 saturated heterocycles. The zero-order chi connectivity index (χ0) is 13.8. The Kier molecular flexibility index (Phi) is 4.02. The van der Waals surface area contributed by atoms with Crippen molar-refractivity contribution in [3.63, 3.8) is 0 Å². The van der Waals surface area contributed by atoms with Gasteiger partial charge in [-0.2, -0.15) is 0 Å². The lowest BCUT2D eigenvalue weighted by Gasteiger charge is -2.13. The highest BCUT2D eigenvalue weighted by molar-refractivity contribution is 5.88. The highest BCUT2D eigenvalue weighted by Gasteiger charge is 2.14. The first-order valence-corrected chi connectivity index (χ1v) is 6.17. The molecule has 0 aliphatic rings. The summed E-state index contributed by atoms with van der Waals surface area (Å²) in [5.74, 6) is -0.514. The molecule has 4 heteroatoms. The van der Waals surface area contributed by atoms with Crippen LogP contribution in [0.3, 0.4) is 0 Å². The molecule has 0 spiro atoms. The van der Waals surface area contributed by atoms with E-state index in [2.05, 4.69) is 29.6 Å². The summed E-state index contributed by atoms with van der Waals surface area (Å²) >= 11 is 0. The molecule has 0 fully saturated rings. The van der Waals surface area contributed by atoms with E-state index in [1.165, 1.54) is 17.9 Å². The molecule has 0 aliphatic heterocycles. The molecule has 1 aromatic heterocycles. The molecule has 0 amide bonds. The van der Waals surface area contributed by atoms with Gasteiger partial charge in [-0.05, 0) is 25.5 Å². The van der Waals surface area contributed by atoms with Crippen molar-refractivity contribution < 1.29 is 14.3 Å². The second-order valence-corrected chi connectivity index (χ2v) is 4.58. The number of hydrogen-bond acceptors (Lipinski definition) is 3. The van der Waals surface area contributed by atoms with Gasteiger partial charge in [0.05, 0.1) is 12.8 Å². The van der Waals surface area contributed by atoms with Gasteiger partial charge in [0, 0.05) is 6.04 Å². The van der Waals surface area contributed by atoms with E-state index >= 15 is 0 Å². The molecule has 2 rings (SSSR count). The van der Waals surface area contributed by atoms with E-state index in [1.807, 2.05) is 13.8 Å². The Morgan fingerprint density at radius 3 is 2.63 bits per heavy atom. The van der Waals surface area contributed by atoms with Crippen molar-refractivity contribution in [1.29, 1.82) is 0 Å². The van der Waals surface area contributed by atoms with Crippen LogP contribution in [0.4, 0.5) is 0 Å². The smallest absolute Gasteiger partial charge is 0.339 e. The van der Waals surface area contributed by atoms with Crippen LogP contribution in [0.25, 0.3) is 0 Å². The predicted octanol–water partition coefficient (Wildman–Crippen LogP) is 3.14. The van der Waals surface area contributed by atoms with E-state index in [-0.39, 0.29) is 11.6 Å². The maximum atomic E-state index is 10.9. The van der Waals surface area contributed by atoms with Gasteiger partial charge in [0.1, 0.15) is 11.3 Å². The largest absolute Gasteiger partial charge is 0.478 e. The molecule has 2 N–H and O–H groups in total. The number of benzene rings is 1. The second kappa shape index (κ2) is 5.71. The number of carbonyl (C=O) groups is 1. The molecule has 0 radical (unpaired) electrons. The number of aromatic carboxylic acids is 1. The van der Waals surface area contributed by atoms with E-state index in [0.29, 0.717) is 12.3 Å². The topological polar surface area (TPSA) is 62.5 Å². The first-order valence-electron chi connectivity index (χ1n) is 6.17. The SMILES string of the molecule is Cc1ccc([C@H](C)NCc2occc2C(=O)O)cc1. The summed E-state index contributed by atoms with van der Waals surface area (Å²) in [6.45, 7) is 4.47. The van der Waals surface area contributed by atoms with Gasteiger partial charge in [-0.1, -0.05) is 29.8 Å². The summed E-state index contributed by atoms with van der Waals surface area (Å²) in [4.78, 5) is 10.9. The molecule has 19 heavy (non-hydrogen) atoms. The standard InChI is InChI=1S/C15H17NO3/c1-10-3-5-12(6-4-10)11(2)16-9-14-13(15(17)18)7-8-19-14/h3-8,11,16H,9H2,1-2H3,(H,17,18)/t11-/m0/s1. The molecule has 0 saturated carbocycles. The molecule has 4 nitrogen and oxygen atoms in total. The van der Waals surface area contributed by atoms with Gasteiger partial charge < -0.3 is 14.8 Å². The monoisotopic (exact) mass is 259 g/mol. The van der Waals surface area contributed by atoms with Gasteiger partial charge in [0.2, 0.25) is 0 Å². The van der Waals surface area contributed by atoms with E-state index in [9.17, 15) is 4.79 Å². The van der Waals surface area contributed by atoms with Crippen LogP contribution >= 0.6 is 0 Å². The minimum Gasteiger partial charge on any atom is -0.478 e. The molecular formula is C15H17NO3. The van der Waals surface area contributed by atoms with E-state index in [4.69, 9.17) is 9.52 Å². The normalized spacial score (nSPS) is 12.3. The fourth-order valence-electron chi connectivity index (χ4n) is 1.89. The van der Waals surface area contributed by atoms with Crippen molar-refractivity contribution in [2.75, 3.05) is 0 Å². The number of hydrogen-bond donors (Lipinski definition) is 2. The summed E-state index contributed by atoms with van der Waals surface area (Å²) in [6, 6.07) is 9.84. The Morgan fingerprint density at radius 1 is 1.32 bits per heavy atom. The van der Waals surface area contributed by atoms with E-state index < -0.39 is 5.97 Å².